The fourth-order valence-electron chi connectivity index (χ4n) is 3.29. The van der Waals surface area contributed by atoms with Gasteiger partial charge in [-0.1, -0.05) is 43.1 Å². The topological polar surface area (TPSA) is 88.6 Å². The average molecular weight is 503 g/mol. The number of H-pyrrole nitrogens is 1. The summed E-state index contributed by atoms with van der Waals surface area (Å²) in [5.41, 5.74) is 6.07. The van der Waals surface area contributed by atoms with Gasteiger partial charge in [0.1, 0.15) is 23.8 Å². The molecule has 0 radical (unpaired) electrons. The molecule has 2 N–H and O–H groups in total. The quantitative estimate of drug-likeness (QED) is 0.144. The number of amides is 1. The van der Waals surface area contributed by atoms with Crippen LogP contribution in [0, 0.1) is 0 Å². The Labute approximate surface area is 215 Å². The minimum atomic E-state index is -0.385. The minimum absolute atomic E-state index is 0.306. The highest BCUT2D eigenvalue weighted by atomic mass is 35.5. The first-order valence-electron chi connectivity index (χ1n) is 11.7. The molecule has 4 rings (SSSR count). The van der Waals surface area contributed by atoms with E-state index >= 15 is 0 Å². The number of carbonyl (C=O) groups excluding carboxylic acids is 1. The van der Waals surface area contributed by atoms with Crippen LogP contribution in [0.5, 0.6) is 11.5 Å². The van der Waals surface area contributed by atoms with Crippen molar-refractivity contribution in [2.75, 3.05) is 6.61 Å². The van der Waals surface area contributed by atoms with Crippen LogP contribution in [0.15, 0.2) is 84.0 Å². The van der Waals surface area contributed by atoms with E-state index in [0.717, 1.165) is 35.3 Å². The van der Waals surface area contributed by atoms with Crippen molar-refractivity contribution in [1.29, 1.82) is 0 Å². The number of nitrogens with zero attached hydrogens (tertiary/aromatic N) is 2. The Hall–Kier alpha value is -4.10. The maximum Gasteiger partial charge on any atom is 0.289 e. The van der Waals surface area contributed by atoms with Crippen LogP contribution in [-0.4, -0.2) is 28.9 Å². The van der Waals surface area contributed by atoms with Gasteiger partial charge in [-0.25, -0.2) is 5.43 Å². The average Bonchev–Trinajstić information content (AvgIpc) is 3.40. The third-order valence-corrected chi connectivity index (χ3v) is 5.72. The van der Waals surface area contributed by atoms with Gasteiger partial charge in [0.05, 0.1) is 18.5 Å². The smallest absolute Gasteiger partial charge is 0.289 e. The molecule has 0 aliphatic carbocycles. The summed E-state index contributed by atoms with van der Waals surface area (Å²) in [6.07, 6.45) is 3.69. The van der Waals surface area contributed by atoms with E-state index in [2.05, 4.69) is 27.6 Å². The molecule has 36 heavy (non-hydrogen) atoms. The Morgan fingerprint density at radius 1 is 1.03 bits per heavy atom. The van der Waals surface area contributed by atoms with Crippen molar-refractivity contribution in [2.24, 2.45) is 5.10 Å². The van der Waals surface area contributed by atoms with Crippen LogP contribution in [0.25, 0.3) is 11.3 Å². The molecule has 0 fully saturated rings. The summed E-state index contributed by atoms with van der Waals surface area (Å²) < 4.78 is 11.5. The van der Waals surface area contributed by atoms with Crippen LogP contribution >= 0.6 is 11.6 Å². The van der Waals surface area contributed by atoms with Gasteiger partial charge in [0.25, 0.3) is 5.91 Å². The summed E-state index contributed by atoms with van der Waals surface area (Å²) in [5, 5.41) is 11.7. The maximum atomic E-state index is 12.4. The fourth-order valence-corrected chi connectivity index (χ4v) is 3.48. The van der Waals surface area contributed by atoms with E-state index in [1.807, 2.05) is 72.8 Å². The highest BCUT2D eigenvalue weighted by Gasteiger charge is 2.11. The van der Waals surface area contributed by atoms with Gasteiger partial charge in [0.15, 0.2) is 0 Å². The molecule has 0 saturated heterocycles. The summed E-state index contributed by atoms with van der Waals surface area (Å²) >= 11 is 6.17. The normalized spacial score (nSPS) is 10.9. The number of ether oxygens (including phenoxy) is 2. The number of hydrogen-bond donors (Lipinski definition) is 2. The van der Waals surface area contributed by atoms with Crippen molar-refractivity contribution in [1.82, 2.24) is 15.6 Å². The molecule has 184 valence electrons. The Bertz CT molecular complexity index is 1300. The molecule has 0 bridgehead atoms. The summed E-state index contributed by atoms with van der Waals surface area (Å²) in [7, 11) is 0. The number of nitrogens with one attached hydrogen (secondary N) is 2. The molecule has 3 aromatic carbocycles. The third-order valence-electron chi connectivity index (χ3n) is 5.35. The second-order valence-corrected chi connectivity index (χ2v) is 8.45. The number of aromatic nitrogens is 2. The third kappa shape index (κ3) is 6.96. The first-order valence-corrected chi connectivity index (χ1v) is 12.1. The Balaban J connectivity index is 1.28. The molecule has 0 aliphatic rings. The standard InChI is InChI=1S/C28H27ClN4O3/c1-2-3-16-35-23-12-8-20(9-13-23)18-30-33-28(34)27-17-26(31-32-27)21-10-14-24(15-11-21)36-19-22-6-4-5-7-25(22)29/h4-15,17-18H,2-3,16,19H2,1H3,(H,31,32)(H,33,34)/b30-18+. The SMILES string of the molecule is CCCCOc1ccc(/C=N/NC(=O)c2cc(-c3ccc(OCc4ccccc4Cl)cc3)n[nH]2)cc1. The van der Waals surface area contributed by atoms with Gasteiger partial charge in [-0.15, -0.1) is 0 Å². The molecular formula is C28H27ClN4O3. The van der Waals surface area contributed by atoms with E-state index in [0.29, 0.717) is 35.4 Å². The van der Waals surface area contributed by atoms with Gasteiger partial charge in [-0.2, -0.15) is 10.2 Å². The number of rotatable bonds is 11. The van der Waals surface area contributed by atoms with Gasteiger partial charge in [-0.05, 0) is 72.6 Å². The summed E-state index contributed by atoms with van der Waals surface area (Å²) in [6, 6.07) is 24.2. The van der Waals surface area contributed by atoms with Crippen molar-refractivity contribution in [3.05, 3.63) is 101 Å². The zero-order valence-electron chi connectivity index (χ0n) is 19.9. The van der Waals surface area contributed by atoms with Crippen LogP contribution in [0.2, 0.25) is 5.02 Å². The van der Waals surface area contributed by atoms with Gasteiger partial charge in [-0.3, -0.25) is 9.89 Å². The van der Waals surface area contributed by atoms with E-state index in [-0.39, 0.29) is 5.91 Å². The molecular weight excluding hydrogens is 476 g/mol. The van der Waals surface area contributed by atoms with E-state index in [1.54, 1.807) is 12.3 Å². The lowest BCUT2D eigenvalue weighted by Gasteiger charge is -2.08. The van der Waals surface area contributed by atoms with E-state index in [9.17, 15) is 4.79 Å². The largest absolute Gasteiger partial charge is 0.494 e. The molecule has 0 saturated carbocycles. The maximum absolute atomic E-state index is 12.4. The van der Waals surface area contributed by atoms with Crippen molar-refractivity contribution >= 4 is 23.7 Å². The van der Waals surface area contributed by atoms with E-state index in [4.69, 9.17) is 21.1 Å². The molecule has 0 spiro atoms. The van der Waals surface area contributed by atoms with Crippen LogP contribution < -0.4 is 14.9 Å². The second kappa shape index (κ2) is 12.6. The number of hydrazone groups is 1. The number of benzene rings is 3. The number of aromatic amines is 1. The molecule has 1 amide bonds. The molecule has 1 aromatic heterocycles. The minimum Gasteiger partial charge on any atom is -0.494 e. The molecule has 0 aliphatic heterocycles. The molecule has 8 heteroatoms. The molecule has 4 aromatic rings. The molecule has 1 heterocycles. The van der Waals surface area contributed by atoms with Crippen LogP contribution in [0.1, 0.15) is 41.4 Å². The first-order chi connectivity index (χ1) is 17.6. The number of hydrogen-bond acceptors (Lipinski definition) is 5. The molecule has 0 atom stereocenters. The Kier molecular flexibility index (Phi) is 8.72. The first kappa shape index (κ1) is 25.0. The van der Waals surface area contributed by atoms with Crippen molar-refractivity contribution < 1.29 is 14.3 Å². The predicted molar refractivity (Wildman–Crippen MR) is 142 cm³/mol. The number of unbranched alkanes of at least 4 members (excludes halogenated alkanes) is 1. The lowest BCUT2D eigenvalue weighted by molar-refractivity contribution is 0.0950. The summed E-state index contributed by atoms with van der Waals surface area (Å²) in [5.74, 6) is 1.14. The molecule has 0 unspecified atom stereocenters. The fraction of sp³-hybridized carbons (Fsp3) is 0.179. The monoisotopic (exact) mass is 502 g/mol. The number of halogens is 1. The second-order valence-electron chi connectivity index (χ2n) is 8.04. The number of carbonyl (C=O) groups is 1. The predicted octanol–water partition coefficient (Wildman–Crippen LogP) is 6.25. The van der Waals surface area contributed by atoms with Crippen LogP contribution in [0.4, 0.5) is 0 Å². The van der Waals surface area contributed by atoms with Gasteiger partial charge in [0.2, 0.25) is 0 Å². The van der Waals surface area contributed by atoms with E-state index < -0.39 is 0 Å². The zero-order valence-corrected chi connectivity index (χ0v) is 20.7. The van der Waals surface area contributed by atoms with Crippen LogP contribution in [-0.2, 0) is 6.61 Å². The van der Waals surface area contributed by atoms with Crippen molar-refractivity contribution in [3.63, 3.8) is 0 Å². The zero-order chi connectivity index (χ0) is 25.2. The highest BCUT2D eigenvalue weighted by molar-refractivity contribution is 6.31. The van der Waals surface area contributed by atoms with E-state index in [1.165, 1.54) is 0 Å². The lowest BCUT2D eigenvalue weighted by atomic mass is 10.1. The van der Waals surface area contributed by atoms with Gasteiger partial charge < -0.3 is 9.47 Å². The van der Waals surface area contributed by atoms with Gasteiger partial charge in [0, 0.05) is 16.1 Å². The summed E-state index contributed by atoms with van der Waals surface area (Å²) in [4.78, 5) is 12.4. The van der Waals surface area contributed by atoms with Gasteiger partial charge >= 0.3 is 0 Å². The Morgan fingerprint density at radius 2 is 1.75 bits per heavy atom. The highest BCUT2D eigenvalue weighted by Crippen LogP contribution is 2.23. The van der Waals surface area contributed by atoms with Crippen LogP contribution in [0.3, 0.4) is 0 Å². The Morgan fingerprint density at radius 3 is 2.50 bits per heavy atom. The lowest BCUT2D eigenvalue weighted by Crippen LogP contribution is -2.17. The molecule has 7 nitrogen and oxygen atoms in total. The van der Waals surface area contributed by atoms with Crippen molar-refractivity contribution in [3.8, 4) is 22.8 Å². The van der Waals surface area contributed by atoms with Crippen molar-refractivity contribution in [2.45, 2.75) is 26.4 Å². The summed E-state index contributed by atoms with van der Waals surface area (Å²) in [6.45, 7) is 3.20.